The van der Waals surface area contributed by atoms with Crippen molar-refractivity contribution in [3.05, 3.63) is 124 Å². The minimum Gasteiger partial charge on any atom is -0.748 e. The lowest BCUT2D eigenvalue weighted by Gasteiger charge is -2.31. The van der Waals surface area contributed by atoms with Gasteiger partial charge in [-0.3, -0.25) is 4.79 Å². The summed E-state index contributed by atoms with van der Waals surface area (Å²) in [6, 6.07) is 27.0. The van der Waals surface area contributed by atoms with Crippen molar-refractivity contribution in [3.8, 4) is 16.9 Å². The van der Waals surface area contributed by atoms with Gasteiger partial charge < -0.3 is 34.3 Å². The van der Waals surface area contributed by atoms with Crippen LogP contribution in [0.5, 0.6) is 5.75 Å². The minimum atomic E-state index is -4.41. The summed E-state index contributed by atoms with van der Waals surface area (Å²) in [6.07, 6.45) is 4.61. The summed E-state index contributed by atoms with van der Waals surface area (Å²) >= 11 is 14.0. The number of hydrogen-bond acceptors (Lipinski definition) is 10. The average Bonchev–Trinajstić information content (AvgIpc) is 3.69. The number of ether oxygens (including phenoxy) is 1. The Morgan fingerprint density at radius 3 is 2.43 bits per heavy atom. The van der Waals surface area contributed by atoms with Crippen molar-refractivity contribution >= 4 is 84.2 Å². The minimum absolute atomic E-state index is 0.00841. The van der Waals surface area contributed by atoms with Gasteiger partial charge in [0.05, 0.1) is 27.8 Å². The number of aromatic nitrogens is 1. The summed E-state index contributed by atoms with van der Waals surface area (Å²) in [5, 5.41) is 16.6. The van der Waals surface area contributed by atoms with E-state index in [1.165, 1.54) is 18.3 Å². The van der Waals surface area contributed by atoms with Crippen LogP contribution < -0.4 is 29.5 Å². The third-order valence-electron chi connectivity index (χ3n) is 9.31. The maximum atomic E-state index is 13.3. The Balaban J connectivity index is 1.27. The standard InChI is InChI=1S/C41H40Cl2N4O7S2/c1-3-28(22-39-46(19-7-21-56(51,52)53)34-24-30(10-16-36(34)54-39)29-8-5-4-6-9-29)23-40-47(35-25-32(43)13-17-37(35)55-40)26-44-38(48)18-20-45(27(2)41(49)50)33-14-11-31(42)12-15-33/h4-6,8-17,22-25,27H,3,7,18-21,26H2,1-2H3,(H2-,44,48,49,50,51,52,53)/p-1. The fourth-order valence-corrected chi connectivity index (χ4v) is 8.23. The van der Waals surface area contributed by atoms with E-state index < -0.39 is 27.9 Å². The Morgan fingerprint density at radius 1 is 1.00 bits per heavy atom. The van der Waals surface area contributed by atoms with Crippen LogP contribution in [0.3, 0.4) is 0 Å². The number of carboxylic acid groups (broad SMARTS) is 1. The molecular weight excluding hydrogens is 796 g/mol. The van der Waals surface area contributed by atoms with Crippen molar-refractivity contribution in [1.82, 2.24) is 5.32 Å². The quantitative estimate of drug-likeness (QED) is 0.0844. The van der Waals surface area contributed by atoms with Gasteiger partial charge in [0, 0.05) is 59.2 Å². The number of amides is 1. The summed E-state index contributed by atoms with van der Waals surface area (Å²) in [7, 11) is -4.41. The highest BCUT2D eigenvalue weighted by atomic mass is 35.5. The molecule has 1 aliphatic heterocycles. The molecule has 0 aliphatic carbocycles. The average molecular weight is 835 g/mol. The number of fused-ring (bicyclic) bond motifs is 2. The first kappa shape index (κ1) is 40.7. The zero-order chi connectivity index (χ0) is 40.0. The summed E-state index contributed by atoms with van der Waals surface area (Å²) in [4.78, 5) is 28.6. The summed E-state index contributed by atoms with van der Waals surface area (Å²) in [5.41, 5.74) is 5.01. The van der Waals surface area contributed by atoms with Gasteiger partial charge in [-0.05, 0) is 85.0 Å². The van der Waals surface area contributed by atoms with E-state index in [0.717, 1.165) is 37.6 Å². The van der Waals surface area contributed by atoms with Crippen molar-refractivity contribution in [3.63, 3.8) is 0 Å². The van der Waals surface area contributed by atoms with Crippen LogP contribution in [-0.4, -0.2) is 49.7 Å². The molecular formula is C41H39Cl2N4O7S2-. The largest absolute Gasteiger partial charge is 0.748 e. The Hall–Kier alpha value is -4.92. The molecule has 1 unspecified atom stereocenters. The maximum absolute atomic E-state index is 13.3. The molecule has 1 atom stereocenters. The lowest BCUT2D eigenvalue weighted by Crippen LogP contribution is -2.48. The number of carboxylic acids is 1. The maximum Gasteiger partial charge on any atom is 0.264 e. The summed E-state index contributed by atoms with van der Waals surface area (Å²) < 4.78 is 43.8. The van der Waals surface area contributed by atoms with Crippen molar-refractivity contribution < 1.29 is 37.0 Å². The highest BCUT2D eigenvalue weighted by molar-refractivity contribution is 7.85. The zero-order valence-corrected chi connectivity index (χ0v) is 33.8. The molecule has 1 aliphatic rings. The van der Waals surface area contributed by atoms with Gasteiger partial charge in [0.1, 0.15) is 4.70 Å². The molecule has 0 spiro atoms. The van der Waals surface area contributed by atoms with Crippen LogP contribution in [-0.2, 0) is 26.4 Å². The fourth-order valence-electron chi connectivity index (χ4n) is 6.34. The van der Waals surface area contributed by atoms with E-state index >= 15 is 0 Å². The molecule has 15 heteroatoms. The van der Waals surface area contributed by atoms with Crippen LogP contribution in [0.4, 0.5) is 11.4 Å². The number of thiazole rings is 1. The van der Waals surface area contributed by atoms with Crippen molar-refractivity contribution in [2.45, 2.75) is 45.8 Å². The van der Waals surface area contributed by atoms with Gasteiger partial charge in [-0.15, -0.1) is 0 Å². The molecule has 5 aromatic rings. The molecule has 1 N–H and O–H groups in total. The number of benzene rings is 4. The first-order valence-corrected chi connectivity index (χ1v) is 21.1. The Labute approximate surface area is 339 Å². The predicted octanol–water partition coefficient (Wildman–Crippen LogP) is 6.74. The predicted molar refractivity (Wildman–Crippen MR) is 218 cm³/mol. The Morgan fingerprint density at radius 2 is 1.73 bits per heavy atom. The molecule has 56 heavy (non-hydrogen) atoms. The van der Waals surface area contributed by atoms with Gasteiger partial charge in [-0.25, -0.2) is 8.42 Å². The second-order valence-electron chi connectivity index (χ2n) is 13.1. The first-order valence-electron chi connectivity index (χ1n) is 17.9. The van der Waals surface area contributed by atoms with Gasteiger partial charge in [0.15, 0.2) is 5.75 Å². The lowest BCUT2D eigenvalue weighted by atomic mass is 10.0. The van der Waals surface area contributed by atoms with Crippen molar-refractivity contribution in [2.24, 2.45) is 0 Å². The molecule has 0 radical (unpaired) electrons. The van der Waals surface area contributed by atoms with E-state index in [1.807, 2.05) is 89.2 Å². The second-order valence-corrected chi connectivity index (χ2v) is 16.6. The van der Waals surface area contributed by atoms with Crippen LogP contribution in [0.25, 0.3) is 27.4 Å². The molecule has 1 aromatic heterocycles. The number of rotatable bonds is 16. The monoisotopic (exact) mass is 833 g/mol. The van der Waals surface area contributed by atoms with Gasteiger partial charge in [-0.2, -0.15) is 4.57 Å². The zero-order valence-electron chi connectivity index (χ0n) is 30.6. The third kappa shape index (κ3) is 10.1. The van der Waals surface area contributed by atoms with Crippen LogP contribution in [0.1, 0.15) is 38.1 Å². The smallest absolute Gasteiger partial charge is 0.264 e. The van der Waals surface area contributed by atoms with Gasteiger partial charge in [0.2, 0.25) is 24.0 Å². The number of carbonyl (C=O) groups is 2. The molecule has 2 heterocycles. The second kappa shape index (κ2) is 17.9. The van der Waals surface area contributed by atoms with Crippen molar-refractivity contribution in [2.75, 3.05) is 28.6 Å². The molecule has 6 rings (SSSR count). The summed E-state index contributed by atoms with van der Waals surface area (Å²) in [5.74, 6) is -0.973. The number of hydrogen-bond donors (Lipinski definition) is 1. The van der Waals surface area contributed by atoms with Gasteiger partial charge in [0.25, 0.3) is 5.01 Å². The van der Waals surface area contributed by atoms with E-state index in [9.17, 15) is 27.7 Å². The number of aliphatic carboxylic acids is 1. The SMILES string of the molecule is CCC(/C=C1\Oc2ccc(-c3ccccc3)cc2N1CCCS(=O)(=O)[O-])=C\c1sc2ccc(Cl)cc2[n+]1CNC(=O)CCN(c1ccc(Cl)cc1)C(C)C(=O)[O-]. The van der Waals surface area contributed by atoms with Crippen LogP contribution in [0.15, 0.2) is 109 Å². The number of halogens is 2. The Kier molecular flexibility index (Phi) is 13.0. The van der Waals surface area contributed by atoms with Crippen LogP contribution >= 0.6 is 34.5 Å². The number of nitrogens with zero attached hydrogens (tertiary/aromatic N) is 3. The molecule has 0 saturated heterocycles. The molecule has 11 nitrogen and oxygen atoms in total. The molecule has 1 amide bonds. The van der Waals surface area contributed by atoms with Crippen LogP contribution in [0, 0.1) is 0 Å². The van der Waals surface area contributed by atoms with E-state index in [2.05, 4.69) is 5.32 Å². The molecule has 0 saturated carbocycles. The molecule has 0 fully saturated rings. The molecule has 292 valence electrons. The van der Waals surface area contributed by atoms with E-state index in [4.69, 9.17) is 27.9 Å². The van der Waals surface area contributed by atoms with E-state index in [0.29, 0.717) is 33.8 Å². The number of carbonyl (C=O) groups excluding carboxylic acids is 2. The highest BCUT2D eigenvalue weighted by Crippen LogP contribution is 2.42. The van der Waals surface area contributed by atoms with Gasteiger partial charge in [-0.1, -0.05) is 77.9 Å². The number of allylic oxidation sites excluding steroid dienone is 2. The lowest BCUT2D eigenvalue weighted by molar-refractivity contribution is -0.672. The van der Waals surface area contributed by atoms with Crippen LogP contribution in [0.2, 0.25) is 10.0 Å². The summed E-state index contributed by atoms with van der Waals surface area (Å²) in [6.45, 7) is 3.97. The number of nitrogens with one attached hydrogen (secondary N) is 1. The van der Waals surface area contributed by atoms with E-state index in [1.54, 1.807) is 35.2 Å². The first-order chi connectivity index (χ1) is 26.8. The normalized spacial score (nSPS) is 14.1. The Bertz CT molecular complexity index is 2400. The van der Waals surface area contributed by atoms with E-state index in [-0.39, 0.29) is 38.5 Å². The third-order valence-corrected chi connectivity index (χ3v) is 11.7. The highest BCUT2D eigenvalue weighted by Gasteiger charge is 2.28. The van der Waals surface area contributed by atoms with Crippen molar-refractivity contribution in [1.29, 1.82) is 0 Å². The number of anilines is 2. The molecule has 4 aromatic carbocycles. The van der Waals surface area contributed by atoms with Gasteiger partial charge >= 0.3 is 0 Å². The fraction of sp³-hybridized carbons (Fsp3) is 0.244. The topological polar surface area (TPSA) is 146 Å². The molecule has 0 bridgehead atoms.